The van der Waals surface area contributed by atoms with Gasteiger partial charge in [0.25, 0.3) is 5.91 Å². The van der Waals surface area contributed by atoms with E-state index >= 15 is 0 Å². The summed E-state index contributed by atoms with van der Waals surface area (Å²) in [5.41, 5.74) is -0.448. The van der Waals surface area contributed by atoms with Crippen molar-refractivity contribution in [3.63, 3.8) is 0 Å². The smallest absolute Gasteiger partial charge is 0.256 e. The van der Waals surface area contributed by atoms with Crippen molar-refractivity contribution < 1.29 is 22.7 Å². The maximum Gasteiger partial charge on any atom is 0.256 e. The Kier molecular flexibility index (Phi) is 4.74. The summed E-state index contributed by atoms with van der Waals surface area (Å²) in [7, 11) is 0. The molecule has 1 fully saturated rings. The van der Waals surface area contributed by atoms with Gasteiger partial charge in [0.2, 0.25) is 0 Å². The first-order valence-corrected chi connectivity index (χ1v) is 7.70. The Morgan fingerprint density at radius 3 is 2.29 bits per heavy atom. The highest BCUT2D eigenvalue weighted by molar-refractivity contribution is 5.94. The molecular weight excluding hydrogens is 319 g/mol. The number of rotatable bonds is 3. The van der Waals surface area contributed by atoms with Crippen LogP contribution in [0.1, 0.15) is 23.2 Å². The predicted molar refractivity (Wildman–Crippen MR) is 82.3 cm³/mol. The summed E-state index contributed by atoms with van der Waals surface area (Å²) in [4.78, 5) is 13.7. The highest BCUT2D eigenvalue weighted by atomic mass is 19.2. The van der Waals surface area contributed by atoms with Crippen LogP contribution in [-0.4, -0.2) is 30.0 Å². The van der Waals surface area contributed by atoms with Gasteiger partial charge in [0, 0.05) is 25.9 Å². The van der Waals surface area contributed by atoms with Gasteiger partial charge in [-0.25, -0.2) is 13.2 Å². The van der Waals surface area contributed by atoms with Crippen LogP contribution in [-0.2, 0) is 0 Å². The number of halogens is 3. The summed E-state index contributed by atoms with van der Waals surface area (Å²) in [6.45, 7) is 0.740. The Balaban J connectivity index is 1.62. The maximum absolute atomic E-state index is 13.7. The van der Waals surface area contributed by atoms with Crippen LogP contribution in [0.2, 0.25) is 0 Å². The van der Waals surface area contributed by atoms with Gasteiger partial charge in [0.1, 0.15) is 11.9 Å². The van der Waals surface area contributed by atoms with Crippen molar-refractivity contribution in [1.82, 2.24) is 4.90 Å². The van der Waals surface area contributed by atoms with Crippen LogP contribution >= 0.6 is 0 Å². The predicted octanol–water partition coefficient (Wildman–Crippen LogP) is 3.79. The van der Waals surface area contributed by atoms with Crippen molar-refractivity contribution in [3.05, 3.63) is 65.5 Å². The number of carbonyl (C=O) groups excluding carboxylic acids is 1. The van der Waals surface area contributed by atoms with E-state index in [-0.39, 0.29) is 6.10 Å². The second-order valence-electron chi connectivity index (χ2n) is 5.65. The molecule has 0 N–H and O–H groups in total. The molecule has 0 aromatic heterocycles. The van der Waals surface area contributed by atoms with Gasteiger partial charge < -0.3 is 9.64 Å². The molecule has 24 heavy (non-hydrogen) atoms. The number of nitrogens with zero attached hydrogens (tertiary/aromatic N) is 1. The minimum absolute atomic E-state index is 0.0359. The number of benzene rings is 2. The molecule has 3 nitrogen and oxygen atoms in total. The molecule has 0 radical (unpaired) electrons. The van der Waals surface area contributed by atoms with Crippen LogP contribution in [0.25, 0.3) is 0 Å². The van der Waals surface area contributed by atoms with Gasteiger partial charge in [-0.3, -0.25) is 4.79 Å². The Morgan fingerprint density at radius 1 is 0.958 bits per heavy atom. The largest absolute Gasteiger partial charge is 0.490 e. The molecule has 1 aliphatic heterocycles. The molecule has 126 valence electrons. The Morgan fingerprint density at radius 2 is 1.62 bits per heavy atom. The third-order valence-corrected chi connectivity index (χ3v) is 4.04. The van der Waals surface area contributed by atoms with Crippen molar-refractivity contribution in [1.29, 1.82) is 0 Å². The fourth-order valence-corrected chi connectivity index (χ4v) is 2.73. The Bertz CT molecular complexity index is 729. The number of ether oxygens (including phenoxy) is 1. The topological polar surface area (TPSA) is 29.5 Å². The number of piperidine rings is 1. The van der Waals surface area contributed by atoms with E-state index in [0.717, 1.165) is 17.9 Å². The third-order valence-electron chi connectivity index (χ3n) is 4.04. The molecule has 0 atom stereocenters. The molecule has 2 aromatic carbocycles. The van der Waals surface area contributed by atoms with Gasteiger partial charge in [-0.2, -0.15) is 0 Å². The number of hydrogen-bond donors (Lipinski definition) is 0. The van der Waals surface area contributed by atoms with E-state index in [1.807, 2.05) is 30.3 Å². The van der Waals surface area contributed by atoms with Gasteiger partial charge in [0.15, 0.2) is 17.5 Å². The quantitative estimate of drug-likeness (QED) is 0.799. The molecule has 0 saturated carbocycles. The molecule has 1 heterocycles. The molecule has 0 unspecified atom stereocenters. The summed E-state index contributed by atoms with van der Waals surface area (Å²) in [5.74, 6) is -4.25. The first-order valence-electron chi connectivity index (χ1n) is 7.70. The van der Waals surface area contributed by atoms with Crippen LogP contribution < -0.4 is 4.74 Å². The summed E-state index contributed by atoms with van der Waals surface area (Å²) in [6.07, 6.45) is 1.14. The lowest BCUT2D eigenvalue weighted by atomic mass is 10.1. The molecule has 0 aliphatic carbocycles. The van der Waals surface area contributed by atoms with Gasteiger partial charge in [-0.1, -0.05) is 18.2 Å². The molecule has 1 aliphatic rings. The molecule has 6 heteroatoms. The molecule has 0 spiro atoms. The van der Waals surface area contributed by atoms with Crippen molar-refractivity contribution >= 4 is 5.91 Å². The Labute approximate surface area is 137 Å². The normalized spacial score (nSPS) is 15.4. The second kappa shape index (κ2) is 6.95. The average molecular weight is 335 g/mol. The fourth-order valence-electron chi connectivity index (χ4n) is 2.73. The molecule has 0 bridgehead atoms. The van der Waals surface area contributed by atoms with Crippen LogP contribution in [0, 0.1) is 17.5 Å². The average Bonchev–Trinajstić information content (AvgIpc) is 2.61. The van der Waals surface area contributed by atoms with Gasteiger partial charge >= 0.3 is 0 Å². The van der Waals surface area contributed by atoms with E-state index in [2.05, 4.69) is 0 Å². The Hall–Kier alpha value is -2.50. The van der Waals surface area contributed by atoms with E-state index in [1.165, 1.54) is 4.90 Å². The molecule has 3 rings (SSSR count). The fraction of sp³-hybridized carbons (Fsp3) is 0.278. The van der Waals surface area contributed by atoms with Crippen LogP contribution in [0.15, 0.2) is 42.5 Å². The first-order chi connectivity index (χ1) is 11.6. The zero-order valence-electron chi connectivity index (χ0n) is 12.8. The van der Waals surface area contributed by atoms with Gasteiger partial charge in [-0.15, -0.1) is 0 Å². The SMILES string of the molecule is O=C(c1ccc(F)c(F)c1F)N1CCC(Oc2ccccc2)CC1. The van der Waals surface area contributed by atoms with Crippen LogP contribution in [0.5, 0.6) is 5.75 Å². The molecule has 2 aromatic rings. The summed E-state index contributed by atoms with van der Waals surface area (Å²) in [5, 5.41) is 0. The highest BCUT2D eigenvalue weighted by Gasteiger charge is 2.27. The lowest BCUT2D eigenvalue weighted by Gasteiger charge is -2.32. The number of hydrogen-bond acceptors (Lipinski definition) is 2. The number of amides is 1. The zero-order chi connectivity index (χ0) is 17.1. The van der Waals surface area contributed by atoms with Gasteiger partial charge in [-0.05, 0) is 24.3 Å². The summed E-state index contributed by atoms with van der Waals surface area (Å²) < 4.78 is 45.8. The summed E-state index contributed by atoms with van der Waals surface area (Å²) >= 11 is 0. The number of carbonyl (C=O) groups is 1. The zero-order valence-corrected chi connectivity index (χ0v) is 12.8. The third kappa shape index (κ3) is 3.37. The van der Waals surface area contributed by atoms with E-state index in [0.29, 0.717) is 25.9 Å². The standard InChI is InChI=1S/C18H16F3NO2/c19-15-7-6-14(16(20)17(15)21)18(23)22-10-8-13(9-11-22)24-12-4-2-1-3-5-12/h1-7,13H,8-11H2. The van der Waals surface area contributed by atoms with E-state index < -0.39 is 28.9 Å². The van der Waals surface area contributed by atoms with Crippen molar-refractivity contribution in [2.45, 2.75) is 18.9 Å². The minimum Gasteiger partial charge on any atom is -0.490 e. The molecular formula is C18H16F3NO2. The lowest BCUT2D eigenvalue weighted by Crippen LogP contribution is -2.42. The number of likely N-dealkylation sites (tertiary alicyclic amines) is 1. The highest BCUT2D eigenvalue weighted by Crippen LogP contribution is 2.22. The molecule has 1 amide bonds. The number of para-hydroxylation sites is 1. The van der Waals surface area contributed by atoms with Crippen molar-refractivity contribution in [3.8, 4) is 5.75 Å². The van der Waals surface area contributed by atoms with Crippen molar-refractivity contribution in [2.24, 2.45) is 0 Å². The van der Waals surface area contributed by atoms with E-state index in [4.69, 9.17) is 4.74 Å². The minimum atomic E-state index is -1.62. The van der Waals surface area contributed by atoms with Gasteiger partial charge in [0.05, 0.1) is 5.56 Å². The van der Waals surface area contributed by atoms with Crippen molar-refractivity contribution in [2.75, 3.05) is 13.1 Å². The van der Waals surface area contributed by atoms with Crippen LogP contribution in [0.4, 0.5) is 13.2 Å². The van der Waals surface area contributed by atoms with Crippen LogP contribution in [0.3, 0.4) is 0 Å². The van der Waals surface area contributed by atoms with E-state index in [9.17, 15) is 18.0 Å². The molecule has 1 saturated heterocycles. The monoisotopic (exact) mass is 335 g/mol. The maximum atomic E-state index is 13.7. The van der Waals surface area contributed by atoms with E-state index in [1.54, 1.807) is 0 Å². The first kappa shape index (κ1) is 16.4. The summed E-state index contributed by atoms with van der Waals surface area (Å²) in [6, 6.07) is 11.1. The second-order valence-corrected chi connectivity index (χ2v) is 5.65. The lowest BCUT2D eigenvalue weighted by molar-refractivity contribution is 0.0590.